The van der Waals surface area contributed by atoms with Gasteiger partial charge in [-0.05, 0) is 31.2 Å². The van der Waals surface area contributed by atoms with Gasteiger partial charge in [-0.3, -0.25) is 9.69 Å². The van der Waals surface area contributed by atoms with Crippen molar-refractivity contribution in [2.45, 2.75) is 13.5 Å². The summed E-state index contributed by atoms with van der Waals surface area (Å²) in [7, 11) is 3.74. The van der Waals surface area contributed by atoms with E-state index in [0.29, 0.717) is 0 Å². The lowest BCUT2D eigenvalue weighted by Crippen LogP contribution is -2.22. The molecule has 16 heavy (non-hydrogen) atoms. The molecule has 0 bridgehead atoms. The number of ether oxygens (including phenoxy) is 1. The summed E-state index contributed by atoms with van der Waals surface area (Å²) < 4.78 is 5.02. The number of nitrogens with zero attached hydrogens (tertiary/aromatic N) is 1. The lowest BCUT2D eigenvalue weighted by molar-refractivity contribution is 0.112. The summed E-state index contributed by atoms with van der Waals surface area (Å²) in [5.74, 6) is 0. The first-order valence-electron chi connectivity index (χ1n) is 5.39. The van der Waals surface area contributed by atoms with Gasteiger partial charge in [0.15, 0.2) is 0 Å². The van der Waals surface area contributed by atoms with Crippen LogP contribution in [0.3, 0.4) is 0 Å². The van der Waals surface area contributed by atoms with Crippen molar-refractivity contribution < 1.29 is 9.53 Å². The van der Waals surface area contributed by atoms with E-state index in [1.54, 1.807) is 7.11 Å². The largest absolute Gasteiger partial charge is 0.383 e. The average molecular weight is 221 g/mol. The van der Waals surface area contributed by atoms with Crippen LogP contribution in [0.5, 0.6) is 0 Å². The van der Waals surface area contributed by atoms with Crippen molar-refractivity contribution >= 4 is 6.29 Å². The maximum atomic E-state index is 10.8. The molecule has 0 saturated heterocycles. The van der Waals surface area contributed by atoms with Gasteiger partial charge in [0.05, 0.1) is 6.61 Å². The molecule has 0 amide bonds. The van der Waals surface area contributed by atoms with Gasteiger partial charge in [-0.15, -0.1) is 0 Å². The van der Waals surface area contributed by atoms with Gasteiger partial charge in [0.25, 0.3) is 0 Å². The van der Waals surface area contributed by atoms with Crippen molar-refractivity contribution in [1.82, 2.24) is 4.90 Å². The van der Waals surface area contributed by atoms with Crippen LogP contribution in [-0.2, 0) is 11.3 Å². The van der Waals surface area contributed by atoms with Gasteiger partial charge in [-0.25, -0.2) is 0 Å². The second kappa shape index (κ2) is 6.40. The van der Waals surface area contributed by atoms with Gasteiger partial charge >= 0.3 is 0 Å². The Kier molecular flexibility index (Phi) is 5.15. The highest BCUT2D eigenvalue weighted by Crippen LogP contribution is 2.10. The first-order chi connectivity index (χ1) is 7.67. The predicted octanol–water partition coefficient (Wildman–Crippen LogP) is 1.89. The highest BCUT2D eigenvalue weighted by atomic mass is 16.5. The van der Waals surface area contributed by atoms with Crippen molar-refractivity contribution in [3.63, 3.8) is 0 Å². The van der Waals surface area contributed by atoms with E-state index >= 15 is 0 Å². The maximum Gasteiger partial charge on any atom is 0.150 e. The molecule has 1 aromatic rings. The zero-order chi connectivity index (χ0) is 12.0. The molecule has 0 aromatic heterocycles. The Bertz CT molecular complexity index is 350. The number of hydrogen-bond acceptors (Lipinski definition) is 3. The first kappa shape index (κ1) is 12.9. The molecule has 0 N–H and O–H groups in total. The summed E-state index contributed by atoms with van der Waals surface area (Å²) in [5, 5.41) is 0. The second-order valence-corrected chi connectivity index (χ2v) is 4.04. The third kappa shape index (κ3) is 3.76. The van der Waals surface area contributed by atoms with Crippen molar-refractivity contribution in [2.24, 2.45) is 0 Å². The summed E-state index contributed by atoms with van der Waals surface area (Å²) in [6.45, 7) is 4.40. The summed E-state index contributed by atoms with van der Waals surface area (Å²) >= 11 is 0. The fourth-order valence-electron chi connectivity index (χ4n) is 1.55. The van der Waals surface area contributed by atoms with Gasteiger partial charge < -0.3 is 4.74 Å². The standard InChI is InChI=1S/C13H19NO2/c1-11-4-5-12(8-13(11)10-15)9-14(2)6-7-16-3/h4-5,8,10H,6-7,9H2,1-3H3. The van der Waals surface area contributed by atoms with Crippen LogP contribution in [0.15, 0.2) is 18.2 Å². The van der Waals surface area contributed by atoms with Crippen LogP contribution in [0.25, 0.3) is 0 Å². The lowest BCUT2D eigenvalue weighted by Gasteiger charge is -2.16. The Labute approximate surface area is 97.0 Å². The van der Waals surface area contributed by atoms with Gasteiger partial charge in [-0.1, -0.05) is 12.1 Å². The normalized spacial score (nSPS) is 10.8. The molecule has 0 spiro atoms. The van der Waals surface area contributed by atoms with Gasteiger partial charge in [0.2, 0.25) is 0 Å². The van der Waals surface area contributed by atoms with Crippen LogP contribution in [-0.4, -0.2) is 38.5 Å². The minimum atomic E-state index is 0.725. The van der Waals surface area contributed by atoms with E-state index in [1.807, 2.05) is 26.1 Å². The molecule has 1 aromatic carbocycles. The molecular formula is C13H19NO2. The van der Waals surface area contributed by atoms with Crippen LogP contribution < -0.4 is 0 Å². The number of carbonyl (C=O) groups is 1. The fraction of sp³-hybridized carbons (Fsp3) is 0.462. The molecule has 3 heteroatoms. The molecule has 0 heterocycles. The number of benzene rings is 1. The summed E-state index contributed by atoms with van der Waals surface area (Å²) in [6, 6.07) is 6.00. The third-order valence-corrected chi connectivity index (χ3v) is 2.60. The first-order valence-corrected chi connectivity index (χ1v) is 5.39. The minimum Gasteiger partial charge on any atom is -0.383 e. The number of methoxy groups -OCH3 is 1. The quantitative estimate of drug-likeness (QED) is 0.687. The van der Waals surface area contributed by atoms with Crippen molar-refractivity contribution in [1.29, 1.82) is 0 Å². The van der Waals surface area contributed by atoms with Crippen LogP contribution in [0, 0.1) is 6.92 Å². The monoisotopic (exact) mass is 221 g/mol. The molecule has 0 radical (unpaired) electrons. The molecule has 0 atom stereocenters. The van der Waals surface area contributed by atoms with E-state index in [1.165, 1.54) is 0 Å². The predicted molar refractivity (Wildman–Crippen MR) is 64.8 cm³/mol. The molecule has 0 fully saturated rings. The second-order valence-electron chi connectivity index (χ2n) is 4.04. The number of hydrogen-bond donors (Lipinski definition) is 0. The Hall–Kier alpha value is -1.19. The van der Waals surface area contributed by atoms with E-state index in [0.717, 1.165) is 42.7 Å². The third-order valence-electron chi connectivity index (χ3n) is 2.60. The Morgan fingerprint density at radius 3 is 2.81 bits per heavy atom. The van der Waals surface area contributed by atoms with E-state index < -0.39 is 0 Å². The smallest absolute Gasteiger partial charge is 0.150 e. The molecule has 0 unspecified atom stereocenters. The molecular weight excluding hydrogens is 202 g/mol. The summed E-state index contributed by atoms with van der Waals surface area (Å²) in [6.07, 6.45) is 0.911. The Balaban J connectivity index is 2.63. The van der Waals surface area contributed by atoms with Crippen LogP contribution in [0.4, 0.5) is 0 Å². The molecule has 0 aliphatic carbocycles. The SMILES string of the molecule is COCCN(C)Cc1ccc(C)c(C=O)c1. The zero-order valence-electron chi connectivity index (χ0n) is 10.2. The summed E-state index contributed by atoms with van der Waals surface area (Å²) in [5.41, 5.74) is 2.96. The Morgan fingerprint density at radius 1 is 1.44 bits per heavy atom. The van der Waals surface area contributed by atoms with Gasteiger partial charge in [0, 0.05) is 25.8 Å². The maximum absolute atomic E-state index is 10.8. The topological polar surface area (TPSA) is 29.5 Å². The molecule has 0 aliphatic rings. The minimum absolute atomic E-state index is 0.725. The van der Waals surface area contributed by atoms with E-state index in [2.05, 4.69) is 11.0 Å². The number of aryl methyl sites for hydroxylation is 1. The van der Waals surface area contributed by atoms with E-state index in [9.17, 15) is 4.79 Å². The van der Waals surface area contributed by atoms with Gasteiger partial charge in [-0.2, -0.15) is 0 Å². The fourth-order valence-corrected chi connectivity index (χ4v) is 1.55. The van der Waals surface area contributed by atoms with E-state index in [-0.39, 0.29) is 0 Å². The molecule has 1 rings (SSSR count). The number of likely N-dealkylation sites (N-methyl/N-ethyl adjacent to an activating group) is 1. The Morgan fingerprint density at radius 2 is 2.19 bits per heavy atom. The molecule has 88 valence electrons. The van der Waals surface area contributed by atoms with E-state index in [4.69, 9.17) is 4.74 Å². The van der Waals surface area contributed by atoms with Crippen molar-refractivity contribution in [3.8, 4) is 0 Å². The van der Waals surface area contributed by atoms with Crippen LogP contribution in [0.1, 0.15) is 21.5 Å². The number of aldehydes is 1. The highest BCUT2D eigenvalue weighted by molar-refractivity contribution is 5.77. The highest BCUT2D eigenvalue weighted by Gasteiger charge is 2.02. The summed E-state index contributed by atoms with van der Waals surface area (Å²) in [4.78, 5) is 13.0. The molecule has 0 saturated carbocycles. The van der Waals surface area contributed by atoms with Crippen LogP contribution in [0.2, 0.25) is 0 Å². The molecule has 0 aliphatic heterocycles. The number of rotatable bonds is 6. The number of carbonyl (C=O) groups excluding carboxylic acids is 1. The van der Waals surface area contributed by atoms with Crippen LogP contribution >= 0.6 is 0 Å². The zero-order valence-corrected chi connectivity index (χ0v) is 10.2. The van der Waals surface area contributed by atoms with Crippen molar-refractivity contribution in [3.05, 3.63) is 34.9 Å². The van der Waals surface area contributed by atoms with Crippen molar-refractivity contribution in [2.75, 3.05) is 27.3 Å². The average Bonchev–Trinajstić information content (AvgIpc) is 2.29. The lowest BCUT2D eigenvalue weighted by atomic mass is 10.1. The molecule has 3 nitrogen and oxygen atoms in total. The van der Waals surface area contributed by atoms with Gasteiger partial charge in [0.1, 0.15) is 6.29 Å².